The summed E-state index contributed by atoms with van der Waals surface area (Å²) in [6.45, 7) is 0. The van der Waals surface area contributed by atoms with E-state index in [1.54, 1.807) is 18.3 Å². The van der Waals surface area contributed by atoms with E-state index in [1.165, 1.54) is 23.5 Å². The van der Waals surface area contributed by atoms with Gasteiger partial charge < -0.3 is 9.80 Å². The first-order valence-electron chi connectivity index (χ1n) is 11.2. The smallest absolute Gasteiger partial charge is 0.269 e. The summed E-state index contributed by atoms with van der Waals surface area (Å²) in [5, 5.41) is 21.0. The third kappa shape index (κ3) is 6.00. The highest BCUT2D eigenvalue weighted by Gasteiger charge is 2.14. The molecule has 4 rings (SSSR count). The maximum atomic E-state index is 11.1. The minimum Gasteiger partial charge on any atom is -0.378 e. The Morgan fingerprint density at radius 1 is 0.833 bits per heavy atom. The summed E-state index contributed by atoms with van der Waals surface area (Å²) in [6.07, 6.45) is 3.77. The van der Waals surface area contributed by atoms with Crippen LogP contribution in [0.2, 0.25) is 0 Å². The molecule has 0 atom stereocenters. The Balaban J connectivity index is 1.66. The van der Waals surface area contributed by atoms with Gasteiger partial charge >= 0.3 is 0 Å². The minimum atomic E-state index is -0.407. The van der Waals surface area contributed by atoms with Gasteiger partial charge in [0.2, 0.25) is 5.13 Å². The molecule has 0 unspecified atom stereocenters. The summed E-state index contributed by atoms with van der Waals surface area (Å²) >= 11 is 1.36. The number of rotatable bonds is 8. The Morgan fingerprint density at radius 3 is 1.92 bits per heavy atom. The minimum absolute atomic E-state index is 0.0382. The number of nitro benzene ring substituents is 1. The molecule has 0 fully saturated rings. The maximum absolute atomic E-state index is 11.1. The molecule has 0 spiro atoms. The number of nitrogens with zero attached hydrogens (tertiary/aromatic N) is 6. The zero-order valence-electron chi connectivity index (χ0n) is 20.5. The molecular formula is C27H26N6O2S. The molecule has 0 saturated heterocycles. The lowest BCUT2D eigenvalue weighted by Gasteiger charge is -2.12. The summed E-state index contributed by atoms with van der Waals surface area (Å²) in [5.74, 6) is 0. The van der Waals surface area contributed by atoms with Crippen LogP contribution in [0.25, 0.3) is 11.6 Å². The molecule has 0 saturated carbocycles. The van der Waals surface area contributed by atoms with Gasteiger partial charge in [0.15, 0.2) is 0 Å². The highest BCUT2D eigenvalue weighted by Crippen LogP contribution is 2.32. The van der Waals surface area contributed by atoms with Gasteiger partial charge in [-0.25, -0.2) is 4.99 Å². The van der Waals surface area contributed by atoms with Crippen molar-refractivity contribution in [3.63, 3.8) is 0 Å². The largest absolute Gasteiger partial charge is 0.378 e. The molecule has 0 aliphatic heterocycles. The number of hydrogen-bond donors (Lipinski definition) is 0. The van der Waals surface area contributed by atoms with Crippen LogP contribution in [0.5, 0.6) is 0 Å². The van der Waals surface area contributed by atoms with E-state index in [0.717, 1.165) is 33.6 Å². The van der Waals surface area contributed by atoms with Crippen molar-refractivity contribution in [2.75, 3.05) is 38.0 Å². The van der Waals surface area contributed by atoms with Gasteiger partial charge in [-0.2, -0.15) is 0 Å². The van der Waals surface area contributed by atoms with Crippen molar-refractivity contribution in [2.45, 2.75) is 0 Å². The van der Waals surface area contributed by atoms with Crippen LogP contribution in [-0.4, -0.2) is 49.5 Å². The zero-order valence-corrected chi connectivity index (χ0v) is 21.3. The molecule has 36 heavy (non-hydrogen) atoms. The van der Waals surface area contributed by atoms with E-state index in [0.29, 0.717) is 10.1 Å². The van der Waals surface area contributed by atoms with Gasteiger partial charge in [-0.05, 0) is 59.2 Å². The van der Waals surface area contributed by atoms with E-state index in [2.05, 4.69) is 15.2 Å². The lowest BCUT2D eigenvalue weighted by molar-refractivity contribution is -0.384. The third-order valence-electron chi connectivity index (χ3n) is 5.49. The van der Waals surface area contributed by atoms with Crippen molar-refractivity contribution in [1.29, 1.82) is 0 Å². The number of aromatic nitrogens is 2. The Labute approximate surface area is 214 Å². The monoisotopic (exact) mass is 498 g/mol. The van der Waals surface area contributed by atoms with Gasteiger partial charge in [0, 0.05) is 63.5 Å². The number of anilines is 2. The summed E-state index contributed by atoms with van der Waals surface area (Å²) < 4.78 is 0. The fraction of sp³-hybridized carbons (Fsp3) is 0.148. The second-order valence-corrected chi connectivity index (χ2v) is 9.44. The van der Waals surface area contributed by atoms with Crippen LogP contribution in [0.4, 0.5) is 22.2 Å². The van der Waals surface area contributed by atoms with Gasteiger partial charge in [0.05, 0.1) is 4.92 Å². The number of aliphatic imine (C=N–C) groups is 1. The topological polar surface area (TPSA) is 87.8 Å². The van der Waals surface area contributed by atoms with Gasteiger partial charge in [0.1, 0.15) is 5.01 Å². The van der Waals surface area contributed by atoms with Crippen molar-refractivity contribution in [3.8, 4) is 0 Å². The highest BCUT2D eigenvalue weighted by atomic mass is 32.1. The molecule has 0 amide bonds. The molecular weight excluding hydrogens is 472 g/mol. The fourth-order valence-electron chi connectivity index (χ4n) is 3.43. The predicted molar refractivity (Wildman–Crippen MR) is 149 cm³/mol. The molecule has 8 nitrogen and oxygen atoms in total. The van der Waals surface area contributed by atoms with E-state index >= 15 is 0 Å². The molecule has 1 aromatic heterocycles. The normalized spacial score (nSPS) is 11.6. The van der Waals surface area contributed by atoms with Crippen molar-refractivity contribution in [3.05, 3.63) is 105 Å². The Morgan fingerprint density at radius 2 is 1.39 bits per heavy atom. The average Bonchev–Trinajstić information content (AvgIpc) is 3.35. The lowest BCUT2D eigenvalue weighted by Crippen LogP contribution is -2.08. The van der Waals surface area contributed by atoms with E-state index in [9.17, 15) is 10.1 Å². The van der Waals surface area contributed by atoms with Crippen LogP contribution in [-0.2, 0) is 0 Å². The zero-order chi connectivity index (χ0) is 25.7. The third-order valence-corrected chi connectivity index (χ3v) is 6.35. The molecule has 1 heterocycles. The summed E-state index contributed by atoms with van der Waals surface area (Å²) in [6, 6.07) is 22.6. The molecule has 0 aliphatic rings. The quantitative estimate of drug-likeness (QED) is 0.130. The lowest BCUT2D eigenvalue weighted by atomic mass is 10.0. The number of non-ortho nitro benzene ring substituents is 1. The molecule has 0 radical (unpaired) electrons. The molecule has 182 valence electrons. The second kappa shape index (κ2) is 10.9. The standard InChI is InChI=1S/C27H26N6O2S/c1-31(2)22-11-5-19(6-12-22)17-25(21-9-15-24(16-10-21)33(34)35)26-29-30-27(36-26)28-18-20-7-13-23(14-8-20)32(3)4/h5-18H,1-4H3/b25-17-,28-18+. The summed E-state index contributed by atoms with van der Waals surface area (Å²) in [5.41, 5.74) is 5.81. The Kier molecular flexibility index (Phi) is 7.50. The van der Waals surface area contributed by atoms with Crippen LogP contribution in [0.15, 0.2) is 77.8 Å². The van der Waals surface area contributed by atoms with Crippen LogP contribution in [0, 0.1) is 10.1 Å². The van der Waals surface area contributed by atoms with E-state index in [1.807, 2.05) is 92.6 Å². The van der Waals surface area contributed by atoms with Crippen molar-refractivity contribution in [1.82, 2.24) is 10.2 Å². The number of hydrogen-bond acceptors (Lipinski definition) is 8. The maximum Gasteiger partial charge on any atom is 0.269 e. The predicted octanol–water partition coefficient (Wildman–Crippen LogP) is 5.92. The van der Waals surface area contributed by atoms with Gasteiger partial charge in [-0.3, -0.25) is 10.1 Å². The van der Waals surface area contributed by atoms with Gasteiger partial charge in [-0.15, -0.1) is 10.2 Å². The Bertz CT molecular complexity index is 1390. The molecule has 0 aliphatic carbocycles. The van der Waals surface area contributed by atoms with E-state index in [4.69, 9.17) is 0 Å². The first kappa shape index (κ1) is 24.7. The van der Waals surface area contributed by atoms with Gasteiger partial charge in [-0.1, -0.05) is 35.6 Å². The number of nitro groups is 1. The van der Waals surface area contributed by atoms with Crippen LogP contribution in [0.3, 0.4) is 0 Å². The van der Waals surface area contributed by atoms with Crippen LogP contribution < -0.4 is 9.80 Å². The molecule has 0 bridgehead atoms. The van der Waals surface area contributed by atoms with Gasteiger partial charge in [0.25, 0.3) is 5.69 Å². The van der Waals surface area contributed by atoms with Crippen molar-refractivity contribution < 1.29 is 4.92 Å². The summed E-state index contributed by atoms with van der Waals surface area (Å²) in [4.78, 5) is 19.3. The molecule has 9 heteroatoms. The number of benzene rings is 3. The summed E-state index contributed by atoms with van der Waals surface area (Å²) in [7, 11) is 7.98. The van der Waals surface area contributed by atoms with Crippen LogP contribution in [0.1, 0.15) is 21.7 Å². The van der Waals surface area contributed by atoms with Crippen LogP contribution >= 0.6 is 11.3 Å². The first-order chi connectivity index (χ1) is 17.3. The Hall–Kier alpha value is -4.37. The second-order valence-electron chi connectivity index (χ2n) is 8.48. The fourth-order valence-corrected chi connectivity index (χ4v) is 4.16. The van der Waals surface area contributed by atoms with E-state index < -0.39 is 4.92 Å². The molecule has 0 N–H and O–H groups in total. The van der Waals surface area contributed by atoms with Crippen molar-refractivity contribution >= 4 is 51.4 Å². The van der Waals surface area contributed by atoms with Crippen molar-refractivity contribution in [2.24, 2.45) is 4.99 Å². The molecule has 4 aromatic rings. The van der Waals surface area contributed by atoms with E-state index in [-0.39, 0.29) is 5.69 Å². The average molecular weight is 499 g/mol. The first-order valence-corrected chi connectivity index (χ1v) is 12.0. The highest BCUT2D eigenvalue weighted by molar-refractivity contribution is 7.16. The molecule has 3 aromatic carbocycles. The SMILES string of the molecule is CN(C)c1ccc(/C=C(/c2ccc([N+](=O)[O-])cc2)c2nnc(/N=C/c3ccc(N(C)C)cc3)s2)cc1.